The SMILES string of the molecule is CN1C2CCC1CC1(C2)NCCC(C)(C)O1. The van der Waals surface area contributed by atoms with E-state index in [0.29, 0.717) is 0 Å². The number of rotatable bonds is 0. The number of piperidine rings is 1. The van der Waals surface area contributed by atoms with Gasteiger partial charge in [0.1, 0.15) is 5.72 Å². The van der Waals surface area contributed by atoms with Gasteiger partial charge in [-0.15, -0.1) is 0 Å². The van der Waals surface area contributed by atoms with Gasteiger partial charge in [0.15, 0.2) is 0 Å². The van der Waals surface area contributed by atoms with Crippen molar-refractivity contribution in [2.75, 3.05) is 13.6 Å². The van der Waals surface area contributed by atoms with E-state index in [0.717, 1.165) is 25.0 Å². The average Bonchev–Trinajstić information content (AvgIpc) is 2.44. The molecule has 1 N–H and O–H groups in total. The molecule has 16 heavy (non-hydrogen) atoms. The smallest absolute Gasteiger partial charge is 0.122 e. The van der Waals surface area contributed by atoms with Gasteiger partial charge < -0.3 is 9.64 Å². The van der Waals surface area contributed by atoms with Gasteiger partial charge in [-0.05, 0) is 40.2 Å². The van der Waals surface area contributed by atoms with Gasteiger partial charge in [0.05, 0.1) is 5.60 Å². The van der Waals surface area contributed by atoms with E-state index in [1.54, 1.807) is 0 Å². The van der Waals surface area contributed by atoms with Crippen LogP contribution >= 0.6 is 0 Å². The third kappa shape index (κ3) is 1.69. The van der Waals surface area contributed by atoms with Crippen LogP contribution in [0.5, 0.6) is 0 Å². The van der Waals surface area contributed by atoms with E-state index < -0.39 is 0 Å². The molecule has 0 aromatic rings. The van der Waals surface area contributed by atoms with Gasteiger partial charge in [0.2, 0.25) is 0 Å². The normalized spacial score (nSPS) is 47.4. The Morgan fingerprint density at radius 2 is 1.81 bits per heavy atom. The molecular formula is C13H24N2O. The number of hydrogen-bond donors (Lipinski definition) is 1. The summed E-state index contributed by atoms with van der Waals surface area (Å²) in [5, 5.41) is 3.66. The van der Waals surface area contributed by atoms with E-state index >= 15 is 0 Å². The quantitative estimate of drug-likeness (QED) is 0.678. The van der Waals surface area contributed by atoms with Crippen molar-refractivity contribution in [3.8, 4) is 0 Å². The summed E-state index contributed by atoms with van der Waals surface area (Å²) in [4.78, 5) is 2.57. The largest absolute Gasteiger partial charge is 0.355 e. The number of hydrogen-bond acceptors (Lipinski definition) is 3. The van der Waals surface area contributed by atoms with Crippen LogP contribution in [0.15, 0.2) is 0 Å². The third-order valence-electron chi connectivity index (χ3n) is 4.76. The molecule has 0 aliphatic carbocycles. The van der Waals surface area contributed by atoms with Crippen molar-refractivity contribution in [2.24, 2.45) is 0 Å². The molecule has 3 saturated heterocycles. The molecule has 3 fully saturated rings. The highest BCUT2D eigenvalue weighted by Gasteiger charge is 2.50. The van der Waals surface area contributed by atoms with Gasteiger partial charge in [-0.25, -0.2) is 0 Å². The van der Waals surface area contributed by atoms with Crippen molar-refractivity contribution >= 4 is 0 Å². The maximum atomic E-state index is 6.39. The van der Waals surface area contributed by atoms with Gasteiger partial charge in [0.25, 0.3) is 0 Å². The molecule has 0 radical (unpaired) electrons. The van der Waals surface area contributed by atoms with Gasteiger partial charge in [-0.1, -0.05) is 0 Å². The predicted molar refractivity (Wildman–Crippen MR) is 64.3 cm³/mol. The Morgan fingerprint density at radius 1 is 1.19 bits per heavy atom. The lowest BCUT2D eigenvalue weighted by Gasteiger charge is -2.52. The van der Waals surface area contributed by atoms with Crippen molar-refractivity contribution in [3.63, 3.8) is 0 Å². The zero-order chi connectivity index (χ0) is 11.4. The fourth-order valence-corrected chi connectivity index (χ4v) is 3.86. The predicted octanol–water partition coefficient (Wildman–Crippen LogP) is 1.73. The van der Waals surface area contributed by atoms with Crippen molar-refractivity contribution in [1.29, 1.82) is 0 Å². The Morgan fingerprint density at radius 3 is 2.38 bits per heavy atom. The summed E-state index contributed by atoms with van der Waals surface area (Å²) < 4.78 is 6.39. The minimum atomic E-state index is -0.0138. The molecule has 3 rings (SSSR count). The third-order valence-corrected chi connectivity index (χ3v) is 4.76. The van der Waals surface area contributed by atoms with Crippen LogP contribution in [0.2, 0.25) is 0 Å². The molecule has 0 saturated carbocycles. The lowest BCUT2D eigenvalue weighted by Crippen LogP contribution is -2.64. The Bertz CT molecular complexity index is 276. The minimum Gasteiger partial charge on any atom is -0.355 e. The van der Waals surface area contributed by atoms with Gasteiger partial charge in [-0.2, -0.15) is 0 Å². The van der Waals surface area contributed by atoms with Crippen molar-refractivity contribution in [1.82, 2.24) is 10.2 Å². The van der Waals surface area contributed by atoms with Crippen LogP contribution in [0, 0.1) is 0 Å². The zero-order valence-electron chi connectivity index (χ0n) is 10.8. The van der Waals surface area contributed by atoms with Gasteiger partial charge in [0, 0.05) is 31.5 Å². The van der Waals surface area contributed by atoms with E-state index in [4.69, 9.17) is 4.74 Å². The van der Waals surface area contributed by atoms with E-state index in [9.17, 15) is 0 Å². The maximum Gasteiger partial charge on any atom is 0.122 e. The number of ether oxygens (including phenoxy) is 1. The second-order valence-electron chi connectivity index (χ2n) is 6.49. The van der Waals surface area contributed by atoms with Gasteiger partial charge >= 0.3 is 0 Å². The molecule has 3 nitrogen and oxygen atoms in total. The molecule has 3 heteroatoms. The molecule has 1 spiro atoms. The molecule has 2 atom stereocenters. The summed E-state index contributed by atoms with van der Waals surface area (Å²) in [7, 11) is 2.28. The van der Waals surface area contributed by atoms with E-state index in [1.807, 2.05) is 0 Å². The van der Waals surface area contributed by atoms with Crippen LogP contribution in [0.1, 0.15) is 46.0 Å². The molecule has 0 amide bonds. The number of nitrogens with one attached hydrogen (secondary N) is 1. The molecule has 92 valence electrons. The zero-order valence-corrected chi connectivity index (χ0v) is 10.8. The summed E-state index contributed by atoms with van der Waals surface area (Å²) in [6.07, 6.45) is 6.18. The maximum absolute atomic E-state index is 6.39. The minimum absolute atomic E-state index is 0.0138. The first-order chi connectivity index (χ1) is 7.50. The second-order valence-corrected chi connectivity index (χ2v) is 6.49. The molecule has 3 aliphatic rings. The van der Waals surface area contributed by atoms with Crippen LogP contribution in [-0.4, -0.2) is 41.9 Å². The Labute approximate surface area is 98.5 Å². The van der Waals surface area contributed by atoms with Crippen LogP contribution in [0.3, 0.4) is 0 Å². The van der Waals surface area contributed by atoms with Crippen LogP contribution in [0.4, 0.5) is 0 Å². The monoisotopic (exact) mass is 224 g/mol. The molecule has 3 heterocycles. The van der Waals surface area contributed by atoms with Crippen LogP contribution in [-0.2, 0) is 4.74 Å². The van der Waals surface area contributed by atoms with E-state index in [2.05, 4.69) is 31.1 Å². The van der Waals surface area contributed by atoms with Crippen molar-refractivity contribution < 1.29 is 4.74 Å². The van der Waals surface area contributed by atoms with Crippen LogP contribution in [0.25, 0.3) is 0 Å². The molecule has 2 unspecified atom stereocenters. The first-order valence-corrected chi connectivity index (χ1v) is 6.67. The lowest BCUT2D eigenvalue weighted by molar-refractivity contribution is -0.212. The summed E-state index contributed by atoms with van der Waals surface area (Å²) in [6.45, 7) is 5.57. The Kier molecular flexibility index (Phi) is 2.36. The molecule has 0 aromatic heterocycles. The fraction of sp³-hybridized carbons (Fsp3) is 1.00. The molecular weight excluding hydrogens is 200 g/mol. The molecule has 0 aromatic carbocycles. The number of nitrogens with zero attached hydrogens (tertiary/aromatic N) is 1. The standard InChI is InChI=1S/C13H24N2O/c1-12(2)6-7-14-13(16-12)8-10-4-5-11(9-13)15(10)3/h10-11,14H,4-9H2,1-3H3. The van der Waals surface area contributed by atoms with E-state index in [1.165, 1.54) is 25.7 Å². The highest BCUT2D eigenvalue weighted by Crippen LogP contribution is 2.43. The highest BCUT2D eigenvalue weighted by molar-refractivity contribution is 5.03. The van der Waals surface area contributed by atoms with Gasteiger partial charge in [-0.3, -0.25) is 5.32 Å². The molecule has 3 aliphatic heterocycles. The fourth-order valence-electron chi connectivity index (χ4n) is 3.86. The lowest BCUT2D eigenvalue weighted by atomic mass is 9.89. The summed E-state index contributed by atoms with van der Waals surface area (Å²) in [5.41, 5.74) is 0.0424. The topological polar surface area (TPSA) is 24.5 Å². The average molecular weight is 224 g/mol. The first-order valence-electron chi connectivity index (χ1n) is 6.67. The Balaban J connectivity index is 1.80. The number of fused-ring (bicyclic) bond motifs is 2. The van der Waals surface area contributed by atoms with Crippen molar-refractivity contribution in [2.45, 2.75) is 69.4 Å². The first kappa shape index (κ1) is 11.0. The Hall–Kier alpha value is -0.120. The summed E-state index contributed by atoms with van der Waals surface area (Å²) >= 11 is 0. The molecule has 2 bridgehead atoms. The van der Waals surface area contributed by atoms with E-state index in [-0.39, 0.29) is 11.3 Å². The van der Waals surface area contributed by atoms with Crippen molar-refractivity contribution in [3.05, 3.63) is 0 Å². The van der Waals surface area contributed by atoms with Crippen LogP contribution < -0.4 is 5.32 Å². The highest BCUT2D eigenvalue weighted by atomic mass is 16.5. The second kappa shape index (κ2) is 3.44. The summed E-state index contributed by atoms with van der Waals surface area (Å²) in [5.74, 6) is 0. The summed E-state index contributed by atoms with van der Waals surface area (Å²) in [6, 6.07) is 1.47.